The molecular weight excluding hydrogens is 427 g/mol. The van der Waals surface area contributed by atoms with Crippen molar-refractivity contribution in [3.05, 3.63) is 35.5 Å². The van der Waals surface area contributed by atoms with Gasteiger partial charge in [0.25, 0.3) is 0 Å². The fraction of sp³-hybridized carbons (Fsp3) is 0.435. The smallest absolute Gasteiger partial charge is 0.185 e. The summed E-state index contributed by atoms with van der Waals surface area (Å²) in [6, 6.07) is 6.88. The number of thiazole rings is 1. The van der Waals surface area contributed by atoms with Crippen molar-refractivity contribution >= 4 is 17.2 Å². The van der Waals surface area contributed by atoms with E-state index in [1.165, 1.54) is 17.8 Å². The van der Waals surface area contributed by atoms with Crippen LogP contribution in [-0.4, -0.2) is 44.5 Å². The minimum absolute atomic E-state index is 0.00281. The maximum Gasteiger partial charge on any atom is 0.185 e. The third-order valence-corrected chi connectivity index (χ3v) is 7.62. The standard InChI is InChI=1S/C23H23FN6OS/c1-30(18-8-13-3-2-4-14(7-13)21(18)24)20-11-26-22(29-28-20)17-6-5-15(9-19(17)31)23-27-16(10-25)12-32-23/h5-6,9,11-14,18,21,31H,2-4,7-8H2,1H3/t13-,14+,18+,21-/m1/s1. The third-order valence-electron chi connectivity index (χ3n) is 6.73. The van der Waals surface area contributed by atoms with Crippen LogP contribution >= 0.6 is 11.3 Å². The second kappa shape index (κ2) is 8.43. The van der Waals surface area contributed by atoms with Crippen molar-refractivity contribution < 1.29 is 9.50 Å². The topological polar surface area (TPSA) is 98.8 Å². The van der Waals surface area contributed by atoms with Crippen LogP contribution in [-0.2, 0) is 0 Å². The Bertz CT molecular complexity index is 1160. The number of phenols is 1. The lowest BCUT2D eigenvalue weighted by Gasteiger charge is -2.45. The van der Waals surface area contributed by atoms with Gasteiger partial charge in [-0.25, -0.2) is 14.4 Å². The zero-order valence-electron chi connectivity index (χ0n) is 17.6. The minimum Gasteiger partial charge on any atom is -0.507 e. The highest BCUT2D eigenvalue weighted by Crippen LogP contribution is 2.43. The fourth-order valence-corrected chi connectivity index (χ4v) is 5.77. The molecule has 3 aromatic rings. The number of phenolic OH excluding ortho intramolecular Hbond substituents is 1. The third kappa shape index (κ3) is 3.79. The van der Waals surface area contributed by atoms with E-state index in [1.807, 2.05) is 18.0 Å². The summed E-state index contributed by atoms with van der Waals surface area (Å²) in [6.07, 6.45) is 5.86. The van der Waals surface area contributed by atoms with Gasteiger partial charge in [0, 0.05) is 18.0 Å². The van der Waals surface area contributed by atoms with Gasteiger partial charge in [0.15, 0.2) is 17.3 Å². The number of alkyl halides is 1. The highest BCUT2D eigenvalue weighted by Gasteiger charge is 2.42. The number of nitriles is 1. The molecule has 164 valence electrons. The number of aromatic hydroxyl groups is 1. The van der Waals surface area contributed by atoms with E-state index in [-0.39, 0.29) is 17.7 Å². The normalized spacial score (nSPS) is 24.7. The lowest BCUT2D eigenvalue weighted by atomic mass is 9.69. The van der Waals surface area contributed by atoms with Crippen LogP contribution in [0.25, 0.3) is 22.0 Å². The summed E-state index contributed by atoms with van der Waals surface area (Å²) in [5.41, 5.74) is 1.50. The van der Waals surface area contributed by atoms with Gasteiger partial charge in [-0.05, 0) is 43.2 Å². The predicted octanol–water partition coefficient (Wildman–Crippen LogP) is 4.59. The molecule has 5 rings (SSSR count). The number of rotatable bonds is 4. The zero-order chi connectivity index (χ0) is 22.2. The van der Waals surface area contributed by atoms with Crippen LogP contribution < -0.4 is 4.90 Å². The van der Waals surface area contributed by atoms with Gasteiger partial charge < -0.3 is 10.0 Å². The van der Waals surface area contributed by atoms with Gasteiger partial charge in [0.05, 0.1) is 17.8 Å². The first kappa shape index (κ1) is 20.8. The molecule has 2 fully saturated rings. The van der Waals surface area contributed by atoms with Gasteiger partial charge in [0.1, 0.15) is 23.0 Å². The van der Waals surface area contributed by atoms with E-state index in [4.69, 9.17) is 5.26 Å². The molecule has 0 aliphatic heterocycles. The molecule has 2 saturated carbocycles. The Balaban J connectivity index is 1.35. The molecule has 2 heterocycles. The number of halogens is 1. The van der Waals surface area contributed by atoms with Crippen molar-refractivity contribution in [2.45, 2.75) is 44.3 Å². The van der Waals surface area contributed by atoms with Crippen molar-refractivity contribution in [3.63, 3.8) is 0 Å². The predicted molar refractivity (Wildman–Crippen MR) is 120 cm³/mol. The first-order valence-corrected chi connectivity index (χ1v) is 11.7. The van der Waals surface area contributed by atoms with Crippen LogP contribution in [0.15, 0.2) is 29.8 Å². The number of fused-ring (bicyclic) bond motifs is 2. The Labute approximate surface area is 189 Å². The van der Waals surface area contributed by atoms with E-state index < -0.39 is 6.17 Å². The number of hydrogen-bond acceptors (Lipinski definition) is 8. The summed E-state index contributed by atoms with van der Waals surface area (Å²) >= 11 is 1.34. The van der Waals surface area contributed by atoms with Crippen molar-refractivity contribution in [1.82, 2.24) is 20.2 Å². The van der Waals surface area contributed by atoms with Crippen LogP contribution in [0.2, 0.25) is 0 Å². The largest absolute Gasteiger partial charge is 0.507 e. The fourth-order valence-electron chi connectivity index (χ4n) is 5.03. The molecule has 1 aromatic carbocycles. The maximum atomic E-state index is 15.1. The molecule has 7 nitrogen and oxygen atoms in total. The van der Waals surface area contributed by atoms with E-state index in [9.17, 15) is 5.11 Å². The summed E-state index contributed by atoms with van der Waals surface area (Å²) < 4.78 is 15.1. The van der Waals surface area contributed by atoms with Crippen LogP contribution in [0.4, 0.5) is 10.2 Å². The van der Waals surface area contributed by atoms with Gasteiger partial charge in [-0.2, -0.15) is 5.26 Å². The molecule has 0 saturated heterocycles. The first-order valence-electron chi connectivity index (χ1n) is 10.8. The van der Waals surface area contributed by atoms with Crippen LogP contribution in [0.3, 0.4) is 0 Å². The molecule has 0 spiro atoms. The Hall–Kier alpha value is -3.12. The Morgan fingerprint density at radius 3 is 2.84 bits per heavy atom. The van der Waals surface area contributed by atoms with Gasteiger partial charge >= 0.3 is 0 Å². The average Bonchev–Trinajstić information content (AvgIpc) is 3.31. The van der Waals surface area contributed by atoms with Gasteiger partial charge in [-0.1, -0.05) is 18.9 Å². The molecule has 4 atom stereocenters. The molecule has 1 N–H and O–H groups in total. The number of hydrogen-bond donors (Lipinski definition) is 1. The monoisotopic (exact) mass is 450 g/mol. The van der Waals surface area contributed by atoms with Gasteiger partial charge in [-0.3, -0.25) is 0 Å². The van der Waals surface area contributed by atoms with Crippen molar-refractivity contribution in [2.75, 3.05) is 11.9 Å². The first-order chi connectivity index (χ1) is 15.5. The highest BCUT2D eigenvalue weighted by atomic mass is 32.1. The summed E-state index contributed by atoms with van der Waals surface area (Å²) in [6.45, 7) is 0. The molecule has 2 aromatic heterocycles. The molecule has 0 unspecified atom stereocenters. The second-order valence-electron chi connectivity index (χ2n) is 8.67. The number of aromatic nitrogens is 4. The molecule has 2 aliphatic carbocycles. The van der Waals surface area contributed by atoms with Crippen LogP contribution in [0.1, 0.15) is 37.8 Å². The van der Waals surface area contributed by atoms with Gasteiger partial charge in [0.2, 0.25) is 0 Å². The molecule has 0 amide bonds. The molecule has 0 radical (unpaired) electrons. The molecule has 2 aliphatic rings. The number of nitrogens with zero attached hydrogens (tertiary/aromatic N) is 6. The van der Waals surface area contributed by atoms with Crippen LogP contribution in [0, 0.1) is 23.2 Å². The summed E-state index contributed by atoms with van der Waals surface area (Å²) in [7, 11) is 1.86. The second-order valence-corrected chi connectivity index (χ2v) is 9.53. The number of benzene rings is 1. The average molecular weight is 451 g/mol. The number of anilines is 1. The van der Waals surface area contributed by atoms with E-state index in [1.54, 1.807) is 29.8 Å². The lowest BCUT2D eigenvalue weighted by Crippen LogP contribution is -2.49. The lowest BCUT2D eigenvalue weighted by molar-refractivity contribution is 0.0656. The van der Waals surface area contributed by atoms with Gasteiger partial charge in [-0.15, -0.1) is 21.5 Å². The highest BCUT2D eigenvalue weighted by molar-refractivity contribution is 7.13. The van der Waals surface area contributed by atoms with E-state index in [0.717, 1.165) is 25.7 Å². The maximum absolute atomic E-state index is 15.1. The SMILES string of the molecule is CN(c1cnc(-c2ccc(-c3nc(C#N)cs3)cc2O)nn1)[C@H]1C[C@@H]2CCC[C@@H](C2)[C@H]1F. The summed E-state index contributed by atoms with van der Waals surface area (Å²) in [5.74, 6) is 1.56. The summed E-state index contributed by atoms with van der Waals surface area (Å²) in [4.78, 5) is 10.5. The van der Waals surface area contributed by atoms with E-state index >= 15 is 4.39 Å². The van der Waals surface area contributed by atoms with E-state index in [0.29, 0.717) is 39.4 Å². The summed E-state index contributed by atoms with van der Waals surface area (Å²) in [5, 5.41) is 30.3. The quantitative estimate of drug-likeness (QED) is 0.620. The zero-order valence-corrected chi connectivity index (χ0v) is 18.5. The van der Waals surface area contributed by atoms with Crippen molar-refractivity contribution in [2.24, 2.45) is 11.8 Å². The van der Waals surface area contributed by atoms with Crippen molar-refractivity contribution in [1.29, 1.82) is 5.26 Å². The molecule has 32 heavy (non-hydrogen) atoms. The Kier molecular flexibility index (Phi) is 5.47. The van der Waals surface area contributed by atoms with Crippen LogP contribution in [0.5, 0.6) is 5.75 Å². The molecule has 9 heteroatoms. The molecule has 2 bridgehead atoms. The molecular formula is C23H23FN6OS. The Morgan fingerprint density at radius 1 is 1.25 bits per heavy atom. The Morgan fingerprint density at radius 2 is 2.12 bits per heavy atom. The van der Waals surface area contributed by atoms with E-state index in [2.05, 4.69) is 20.2 Å². The minimum atomic E-state index is -0.859. The van der Waals surface area contributed by atoms with Crippen molar-refractivity contribution in [3.8, 4) is 33.8 Å².